The summed E-state index contributed by atoms with van der Waals surface area (Å²) in [5.41, 5.74) is 2.03. The molecule has 3 rings (SSSR count). The number of hydrogen-bond donors (Lipinski definition) is 2. The molecule has 28 heavy (non-hydrogen) atoms. The average Bonchev–Trinajstić information content (AvgIpc) is 2.72. The number of carbonyl (C=O) groups is 1. The third kappa shape index (κ3) is 6.23. The van der Waals surface area contributed by atoms with Gasteiger partial charge in [0.25, 0.3) is 0 Å². The summed E-state index contributed by atoms with van der Waals surface area (Å²) in [6.07, 6.45) is 0.902. The summed E-state index contributed by atoms with van der Waals surface area (Å²) >= 11 is 0. The van der Waals surface area contributed by atoms with Gasteiger partial charge in [0.05, 0.1) is 0 Å². The molecule has 2 aromatic carbocycles. The van der Waals surface area contributed by atoms with Gasteiger partial charge in [-0.15, -0.1) is 0 Å². The van der Waals surface area contributed by atoms with Crippen LogP contribution in [0.25, 0.3) is 0 Å². The van der Waals surface area contributed by atoms with E-state index in [1.807, 2.05) is 13.0 Å². The minimum atomic E-state index is -0.291. The lowest BCUT2D eigenvalue weighted by Crippen LogP contribution is -2.48. The molecule has 2 N–H and O–H groups in total. The molecule has 1 aliphatic rings. The Morgan fingerprint density at radius 3 is 2.54 bits per heavy atom. The number of anilines is 1. The normalized spacial score (nSPS) is 15.9. The number of piperazine rings is 1. The van der Waals surface area contributed by atoms with Crippen LogP contribution in [-0.4, -0.2) is 49.7 Å². The molecule has 1 aliphatic heterocycles. The van der Waals surface area contributed by atoms with E-state index in [0.29, 0.717) is 6.54 Å². The summed E-state index contributed by atoms with van der Waals surface area (Å²) in [4.78, 5) is 16.9. The van der Waals surface area contributed by atoms with Crippen LogP contribution in [0.5, 0.6) is 0 Å². The Bertz CT molecular complexity index is 747. The number of nitrogens with one attached hydrogen (secondary N) is 2. The zero-order chi connectivity index (χ0) is 19.8. The Kier molecular flexibility index (Phi) is 7.25. The van der Waals surface area contributed by atoms with Gasteiger partial charge in [-0.1, -0.05) is 30.3 Å². The largest absolute Gasteiger partial charge is 0.369 e. The van der Waals surface area contributed by atoms with Crippen molar-refractivity contribution >= 4 is 11.7 Å². The molecule has 0 saturated carbocycles. The first kappa shape index (κ1) is 20.1. The molecule has 0 radical (unpaired) electrons. The van der Waals surface area contributed by atoms with E-state index in [1.54, 1.807) is 12.1 Å². The predicted octanol–water partition coefficient (Wildman–Crippen LogP) is 3.23. The molecule has 1 fully saturated rings. The summed E-state index contributed by atoms with van der Waals surface area (Å²) in [7, 11) is 0. The van der Waals surface area contributed by atoms with Crippen molar-refractivity contribution < 1.29 is 9.18 Å². The number of rotatable bonds is 7. The molecule has 0 bridgehead atoms. The van der Waals surface area contributed by atoms with Crippen molar-refractivity contribution in [2.45, 2.75) is 25.9 Å². The van der Waals surface area contributed by atoms with Crippen molar-refractivity contribution in [2.75, 3.05) is 37.6 Å². The highest BCUT2D eigenvalue weighted by atomic mass is 19.1. The number of hydrogen-bond acceptors (Lipinski definition) is 3. The maximum absolute atomic E-state index is 13.2. The first-order chi connectivity index (χ1) is 13.6. The highest BCUT2D eigenvalue weighted by molar-refractivity contribution is 5.74. The number of benzene rings is 2. The van der Waals surface area contributed by atoms with Crippen molar-refractivity contribution in [1.82, 2.24) is 15.5 Å². The maximum atomic E-state index is 13.2. The summed E-state index contributed by atoms with van der Waals surface area (Å²) in [5.74, 6) is -0.291. The van der Waals surface area contributed by atoms with E-state index in [2.05, 4.69) is 44.7 Å². The van der Waals surface area contributed by atoms with Crippen LogP contribution in [0, 0.1) is 5.82 Å². The fourth-order valence-corrected chi connectivity index (χ4v) is 3.42. The Balaban J connectivity index is 1.32. The minimum Gasteiger partial charge on any atom is -0.369 e. The SMILES string of the molecule is C[C@H](CCN1CCN(c2ccccc2)CC1)NC(=O)NCc1cccc(F)c1. The molecule has 1 atom stereocenters. The lowest BCUT2D eigenvalue weighted by molar-refractivity contribution is 0.227. The van der Waals surface area contributed by atoms with Crippen LogP contribution in [0.4, 0.5) is 14.9 Å². The van der Waals surface area contributed by atoms with Gasteiger partial charge < -0.3 is 15.5 Å². The van der Waals surface area contributed by atoms with E-state index in [-0.39, 0.29) is 17.9 Å². The highest BCUT2D eigenvalue weighted by Crippen LogP contribution is 2.15. The molecular formula is C22H29FN4O. The lowest BCUT2D eigenvalue weighted by atomic mass is 10.2. The maximum Gasteiger partial charge on any atom is 0.315 e. The molecule has 0 aromatic heterocycles. The zero-order valence-corrected chi connectivity index (χ0v) is 16.4. The summed E-state index contributed by atoms with van der Waals surface area (Å²) in [5, 5.41) is 5.74. The van der Waals surface area contributed by atoms with E-state index in [9.17, 15) is 9.18 Å². The van der Waals surface area contributed by atoms with Crippen molar-refractivity contribution in [3.63, 3.8) is 0 Å². The van der Waals surface area contributed by atoms with Gasteiger partial charge in [0.1, 0.15) is 5.82 Å². The van der Waals surface area contributed by atoms with Gasteiger partial charge in [-0.05, 0) is 43.2 Å². The van der Waals surface area contributed by atoms with E-state index in [4.69, 9.17) is 0 Å². The van der Waals surface area contributed by atoms with Gasteiger partial charge in [-0.2, -0.15) is 0 Å². The van der Waals surface area contributed by atoms with Crippen molar-refractivity contribution in [3.05, 3.63) is 66.0 Å². The third-order valence-corrected chi connectivity index (χ3v) is 5.09. The third-order valence-electron chi connectivity index (χ3n) is 5.09. The molecule has 0 spiro atoms. The predicted molar refractivity (Wildman–Crippen MR) is 111 cm³/mol. The van der Waals surface area contributed by atoms with E-state index >= 15 is 0 Å². The van der Waals surface area contributed by atoms with Crippen LogP contribution in [0.3, 0.4) is 0 Å². The van der Waals surface area contributed by atoms with E-state index in [1.165, 1.54) is 17.8 Å². The van der Waals surface area contributed by atoms with Crippen molar-refractivity contribution in [1.29, 1.82) is 0 Å². The standard InChI is InChI=1S/C22H29FN4O/c1-18(25-22(28)24-17-19-6-5-7-20(23)16-19)10-11-26-12-14-27(15-13-26)21-8-3-2-4-9-21/h2-9,16,18H,10-15,17H2,1H3,(H2,24,25,28)/t18-/m1/s1. The monoisotopic (exact) mass is 384 g/mol. The summed E-state index contributed by atoms with van der Waals surface area (Å²) in [6.45, 7) is 7.42. The van der Waals surface area contributed by atoms with Crippen LogP contribution in [0.2, 0.25) is 0 Å². The first-order valence-corrected chi connectivity index (χ1v) is 9.91. The molecule has 6 heteroatoms. The second kappa shape index (κ2) is 10.1. The lowest BCUT2D eigenvalue weighted by Gasteiger charge is -2.36. The smallest absolute Gasteiger partial charge is 0.315 e. The summed E-state index contributed by atoms with van der Waals surface area (Å²) < 4.78 is 13.2. The second-order valence-corrected chi connectivity index (χ2v) is 7.31. The fraction of sp³-hybridized carbons (Fsp3) is 0.409. The Morgan fingerprint density at radius 2 is 1.82 bits per heavy atom. The van der Waals surface area contributed by atoms with Crippen LogP contribution in [0.1, 0.15) is 18.9 Å². The van der Waals surface area contributed by atoms with Crippen LogP contribution >= 0.6 is 0 Å². The molecule has 5 nitrogen and oxygen atoms in total. The van der Waals surface area contributed by atoms with E-state index in [0.717, 1.165) is 44.7 Å². The number of halogens is 1. The van der Waals surface area contributed by atoms with Crippen molar-refractivity contribution in [3.8, 4) is 0 Å². The molecule has 0 unspecified atom stereocenters. The minimum absolute atomic E-state index is 0.0830. The Morgan fingerprint density at radius 1 is 1.07 bits per heavy atom. The zero-order valence-electron chi connectivity index (χ0n) is 16.4. The van der Waals surface area contributed by atoms with Gasteiger partial charge in [-0.25, -0.2) is 9.18 Å². The number of para-hydroxylation sites is 1. The van der Waals surface area contributed by atoms with Gasteiger partial charge in [0.15, 0.2) is 0 Å². The Hall–Kier alpha value is -2.60. The number of urea groups is 1. The van der Waals surface area contributed by atoms with Gasteiger partial charge in [0.2, 0.25) is 0 Å². The number of carbonyl (C=O) groups excluding carboxylic acids is 1. The molecule has 0 aliphatic carbocycles. The molecule has 1 saturated heterocycles. The van der Waals surface area contributed by atoms with Gasteiger partial charge in [-0.3, -0.25) is 4.90 Å². The number of amides is 2. The molecular weight excluding hydrogens is 355 g/mol. The average molecular weight is 384 g/mol. The van der Waals surface area contributed by atoms with Crippen LogP contribution < -0.4 is 15.5 Å². The van der Waals surface area contributed by atoms with Crippen LogP contribution in [0.15, 0.2) is 54.6 Å². The number of nitrogens with zero attached hydrogens (tertiary/aromatic N) is 2. The molecule has 2 amide bonds. The quantitative estimate of drug-likeness (QED) is 0.771. The molecule has 150 valence electrons. The fourth-order valence-electron chi connectivity index (χ4n) is 3.42. The molecule has 1 heterocycles. The second-order valence-electron chi connectivity index (χ2n) is 7.31. The topological polar surface area (TPSA) is 47.6 Å². The van der Waals surface area contributed by atoms with Crippen molar-refractivity contribution in [2.24, 2.45) is 0 Å². The van der Waals surface area contributed by atoms with Gasteiger partial charge >= 0.3 is 6.03 Å². The summed E-state index contributed by atoms with van der Waals surface area (Å²) in [6, 6.07) is 16.6. The highest BCUT2D eigenvalue weighted by Gasteiger charge is 2.17. The Labute approximate surface area is 166 Å². The van der Waals surface area contributed by atoms with E-state index < -0.39 is 0 Å². The first-order valence-electron chi connectivity index (χ1n) is 9.91. The molecule has 2 aromatic rings. The van der Waals surface area contributed by atoms with Crippen LogP contribution in [-0.2, 0) is 6.54 Å². The van der Waals surface area contributed by atoms with Gasteiger partial charge in [0, 0.05) is 51.0 Å².